The fourth-order valence-corrected chi connectivity index (χ4v) is 3.55. The van der Waals surface area contributed by atoms with Crippen LogP contribution in [0.3, 0.4) is 0 Å². The van der Waals surface area contributed by atoms with E-state index in [-0.39, 0.29) is 18.1 Å². The summed E-state index contributed by atoms with van der Waals surface area (Å²) in [5.41, 5.74) is 1.29. The normalized spacial score (nSPS) is 47.4. The van der Waals surface area contributed by atoms with Crippen LogP contribution in [0.1, 0.15) is 20.8 Å². The molecule has 0 spiro atoms. The Labute approximate surface area is 98.0 Å². The van der Waals surface area contributed by atoms with Crippen LogP contribution in [0.25, 0.3) is 0 Å². The third kappa shape index (κ3) is 1.40. The zero-order valence-electron chi connectivity index (χ0n) is 10.4. The number of hydrogen-bond acceptors (Lipinski definition) is 2. The third-order valence-corrected chi connectivity index (χ3v) is 4.82. The summed E-state index contributed by atoms with van der Waals surface area (Å²) in [6.45, 7) is 11.3. The lowest BCUT2D eigenvalue weighted by Gasteiger charge is -2.54. The maximum atomic E-state index is 9.74. The standard InChI is InChI=1S/C14H22O2/c1-5-12-13-9(2)6-10(3)14(7-15,8-16-12)11(13)4/h5-6,10-13,15H,1,7-8H2,2-4H3/t10-,11-,12+,13+,14-/m0/s1. The van der Waals surface area contributed by atoms with Gasteiger partial charge in [0.05, 0.1) is 19.3 Å². The van der Waals surface area contributed by atoms with Crippen LogP contribution in [0.2, 0.25) is 0 Å². The number of ether oxygens (including phenoxy) is 1. The highest BCUT2D eigenvalue weighted by Gasteiger charge is 2.52. The zero-order chi connectivity index (χ0) is 11.9. The van der Waals surface area contributed by atoms with Gasteiger partial charge in [-0.25, -0.2) is 0 Å². The van der Waals surface area contributed by atoms with Crippen LogP contribution >= 0.6 is 0 Å². The van der Waals surface area contributed by atoms with Crippen molar-refractivity contribution in [2.45, 2.75) is 26.9 Å². The van der Waals surface area contributed by atoms with Crippen molar-refractivity contribution in [1.82, 2.24) is 0 Å². The van der Waals surface area contributed by atoms with Crippen LogP contribution < -0.4 is 0 Å². The van der Waals surface area contributed by atoms with Crippen molar-refractivity contribution in [2.75, 3.05) is 13.2 Å². The molecule has 90 valence electrons. The summed E-state index contributed by atoms with van der Waals surface area (Å²) in [6.07, 6.45) is 4.31. The molecule has 0 amide bonds. The summed E-state index contributed by atoms with van der Waals surface area (Å²) in [5, 5.41) is 9.74. The monoisotopic (exact) mass is 222 g/mol. The first kappa shape index (κ1) is 11.9. The second-order valence-corrected chi connectivity index (χ2v) is 5.42. The first-order valence-electron chi connectivity index (χ1n) is 6.10. The molecule has 1 aliphatic carbocycles. The lowest BCUT2D eigenvalue weighted by atomic mass is 9.56. The van der Waals surface area contributed by atoms with Gasteiger partial charge >= 0.3 is 0 Å². The first-order chi connectivity index (χ1) is 7.56. The van der Waals surface area contributed by atoms with Crippen molar-refractivity contribution in [3.8, 4) is 0 Å². The lowest BCUT2D eigenvalue weighted by Crippen LogP contribution is -2.55. The van der Waals surface area contributed by atoms with Gasteiger partial charge in [0.1, 0.15) is 0 Å². The van der Waals surface area contributed by atoms with E-state index in [0.29, 0.717) is 24.4 Å². The zero-order valence-corrected chi connectivity index (χ0v) is 10.4. The highest BCUT2D eigenvalue weighted by Crippen LogP contribution is 2.52. The first-order valence-corrected chi connectivity index (χ1v) is 6.10. The van der Waals surface area contributed by atoms with Crippen LogP contribution in [0.15, 0.2) is 24.3 Å². The van der Waals surface area contributed by atoms with Crippen molar-refractivity contribution in [3.63, 3.8) is 0 Å². The Morgan fingerprint density at radius 1 is 1.62 bits per heavy atom. The van der Waals surface area contributed by atoms with Gasteiger partial charge in [-0.05, 0) is 18.8 Å². The highest BCUT2D eigenvalue weighted by molar-refractivity contribution is 5.22. The minimum Gasteiger partial charge on any atom is -0.396 e. The van der Waals surface area contributed by atoms with Crippen LogP contribution in [-0.4, -0.2) is 24.4 Å². The van der Waals surface area contributed by atoms with Gasteiger partial charge < -0.3 is 9.84 Å². The molecule has 0 unspecified atom stereocenters. The summed E-state index contributed by atoms with van der Waals surface area (Å²) in [7, 11) is 0. The minimum atomic E-state index is -0.0936. The van der Waals surface area contributed by atoms with E-state index in [1.165, 1.54) is 5.57 Å². The van der Waals surface area contributed by atoms with Crippen molar-refractivity contribution >= 4 is 0 Å². The molecule has 1 fully saturated rings. The molecule has 0 aromatic rings. The SMILES string of the molecule is C=C[C@H]1OC[C@@]2(CO)[C@@H](C)C=C(C)[C@@H]1[C@@H]2C. The summed E-state index contributed by atoms with van der Waals surface area (Å²) in [5.74, 6) is 1.22. The Bertz CT molecular complexity index is 321. The molecule has 16 heavy (non-hydrogen) atoms. The molecule has 1 aliphatic heterocycles. The number of allylic oxidation sites excluding steroid dienone is 1. The number of hydrogen-bond donors (Lipinski definition) is 1. The summed E-state index contributed by atoms with van der Waals surface area (Å²) < 4.78 is 5.88. The lowest BCUT2D eigenvalue weighted by molar-refractivity contribution is -0.148. The number of aliphatic hydroxyl groups is 1. The van der Waals surface area contributed by atoms with Gasteiger partial charge in [-0.15, -0.1) is 6.58 Å². The van der Waals surface area contributed by atoms with Gasteiger partial charge in [0.25, 0.3) is 0 Å². The molecule has 1 heterocycles. The van der Waals surface area contributed by atoms with Gasteiger partial charge in [-0.2, -0.15) is 0 Å². The van der Waals surface area contributed by atoms with E-state index in [9.17, 15) is 5.11 Å². The predicted molar refractivity (Wildman–Crippen MR) is 65.0 cm³/mol. The Morgan fingerprint density at radius 3 is 2.88 bits per heavy atom. The minimum absolute atomic E-state index is 0.0936. The third-order valence-electron chi connectivity index (χ3n) is 4.82. The maximum Gasteiger partial charge on any atom is 0.0821 e. The van der Waals surface area contributed by atoms with Crippen LogP contribution in [-0.2, 0) is 4.74 Å². The van der Waals surface area contributed by atoms with Gasteiger partial charge in [-0.3, -0.25) is 0 Å². The summed E-state index contributed by atoms with van der Waals surface area (Å²) in [6, 6.07) is 0. The summed E-state index contributed by atoms with van der Waals surface area (Å²) >= 11 is 0. The molecular weight excluding hydrogens is 200 g/mol. The molecule has 0 saturated carbocycles. The van der Waals surface area contributed by atoms with Crippen molar-refractivity contribution in [2.24, 2.45) is 23.2 Å². The number of rotatable bonds is 2. The average Bonchev–Trinajstić information content (AvgIpc) is 2.26. The summed E-state index contributed by atoms with van der Waals surface area (Å²) in [4.78, 5) is 0. The molecule has 2 aliphatic rings. The van der Waals surface area contributed by atoms with Gasteiger partial charge in [-0.1, -0.05) is 31.6 Å². The van der Waals surface area contributed by atoms with Crippen molar-refractivity contribution in [3.05, 3.63) is 24.3 Å². The molecule has 0 aromatic heterocycles. The van der Waals surface area contributed by atoms with Crippen molar-refractivity contribution < 1.29 is 9.84 Å². The van der Waals surface area contributed by atoms with Crippen LogP contribution in [0.5, 0.6) is 0 Å². The predicted octanol–water partition coefficient (Wildman–Crippen LogP) is 2.40. The van der Waals surface area contributed by atoms with E-state index < -0.39 is 0 Å². The van der Waals surface area contributed by atoms with E-state index >= 15 is 0 Å². The smallest absolute Gasteiger partial charge is 0.0821 e. The van der Waals surface area contributed by atoms with E-state index in [1.54, 1.807) is 0 Å². The van der Waals surface area contributed by atoms with Gasteiger partial charge in [0.2, 0.25) is 0 Å². The molecule has 2 nitrogen and oxygen atoms in total. The molecule has 1 N–H and O–H groups in total. The Kier molecular flexibility index (Phi) is 2.97. The van der Waals surface area contributed by atoms with E-state index in [0.717, 1.165) is 0 Å². The van der Waals surface area contributed by atoms with E-state index in [2.05, 4.69) is 33.4 Å². The largest absolute Gasteiger partial charge is 0.396 e. The second-order valence-electron chi connectivity index (χ2n) is 5.42. The number of fused-ring (bicyclic) bond motifs is 2. The van der Waals surface area contributed by atoms with Gasteiger partial charge in [0, 0.05) is 11.3 Å². The average molecular weight is 222 g/mol. The Morgan fingerprint density at radius 2 is 2.31 bits per heavy atom. The highest BCUT2D eigenvalue weighted by atomic mass is 16.5. The fourth-order valence-electron chi connectivity index (χ4n) is 3.55. The quantitative estimate of drug-likeness (QED) is 0.727. The Balaban J connectivity index is 2.44. The molecule has 0 aromatic carbocycles. The molecule has 0 radical (unpaired) electrons. The van der Waals surface area contributed by atoms with Gasteiger partial charge in [0.15, 0.2) is 0 Å². The molecular formula is C14H22O2. The Hall–Kier alpha value is -0.600. The molecule has 5 atom stereocenters. The van der Waals surface area contributed by atoms with E-state index in [4.69, 9.17) is 4.74 Å². The van der Waals surface area contributed by atoms with Crippen molar-refractivity contribution in [1.29, 1.82) is 0 Å². The van der Waals surface area contributed by atoms with Crippen LogP contribution in [0, 0.1) is 23.2 Å². The number of aliphatic hydroxyl groups excluding tert-OH is 1. The molecule has 2 bridgehead atoms. The maximum absolute atomic E-state index is 9.74. The topological polar surface area (TPSA) is 29.5 Å². The molecule has 2 rings (SSSR count). The molecule has 2 heteroatoms. The second kappa shape index (κ2) is 4.01. The fraction of sp³-hybridized carbons (Fsp3) is 0.714. The van der Waals surface area contributed by atoms with E-state index in [1.807, 2.05) is 6.08 Å². The van der Waals surface area contributed by atoms with Crippen LogP contribution in [0.4, 0.5) is 0 Å². The molecule has 1 saturated heterocycles.